The minimum absolute atomic E-state index is 0. The average molecular weight is 322 g/mol. The van der Waals surface area contributed by atoms with Crippen molar-refractivity contribution >= 4 is 24.2 Å². The van der Waals surface area contributed by atoms with Crippen molar-refractivity contribution in [2.45, 2.75) is 12.3 Å². The Hall–Kier alpha value is -1.73. The lowest BCUT2D eigenvalue weighted by atomic mass is 10.1. The standard InChI is InChI=1S/C13H17F2N3O2.ClH/c14-13(15,8-16)9-18-12(20)7-17-11(19)6-10-4-2-1-3-5-10;/h1-5H,6-9,16H2,(H,17,19)(H,18,20);1H. The van der Waals surface area contributed by atoms with E-state index in [2.05, 4.69) is 5.32 Å². The minimum Gasteiger partial charge on any atom is -0.348 e. The van der Waals surface area contributed by atoms with Gasteiger partial charge in [0.05, 0.1) is 26.1 Å². The molecule has 4 N–H and O–H groups in total. The Kier molecular flexibility index (Phi) is 8.49. The van der Waals surface area contributed by atoms with E-state index in [4.69, 9.17) is 5.73 Å². The summed E-state index contributed by atoms with van der Waals surface area (Å²) in [5, 5.41) is 4.37. The van der Waals surface area contributed by atoms with Crippen molar-refractivity contribution in [1.29, 1.82) is 0 Å². The highest BCUT2D eigenvalue weighted by Crippen LogP contribution is 2.08. The van der Waals surface area contributed by atoms with Gasteiger partial charge >= 0.3 is 0 Å². The van der Waals surface area contributed by atoms with Gasteiger partial charge in [-0.1, -0.05) is 30.3 Å². The number of benzene rings is 1. The van der Waals surface area contributed by atoms with Crippen molar-refractivity contribution in [2.24, 2.45) is 5.73 Å². The number of alkyl halides is 2. The van der Waals surface area contributed by atoms with E-state index in [0.717, 1.165) is 5.56 Å². The SMILES string of the molecule is Cl.NCC(F)(F)CNC(=O)CNC(=O)Cc1ccccc1. The third-order valence-electron chi connectivity index (χ3n) is 2.50. The van der Waals surface area contributed by atoms with Gasteiger partial charge in [0, 0.05) is 0 Å². The number of hydrogen-bond acceptors (Lipinski definition) is 3. The molecular weight excluding hydrogens is 304 g/mol. The average Bonchev–Trinajstić information content (AvgIpc) is 2.44. The van der Waals surface area contributed by atoms with Crippen LogP contribution < -0.4 is 16.4 Å². The van der Waals surface area contributed by atoms with Crippen LogP contribution >= 0.6 is 12.4 Å². The molecule has 1 aromatic carbocycles. The number of halogens is 3. The normalized spacial score (nSPS) is 10.4. The predicted molar refractivity (Wildman–Crippen MR) is 77.4 cm³/mol. The minimum atomic E-state index is -3.14. The zero-order valence-corrected chi connectivity index (χ0v) is 12.1. The van der Waals surface area contributed by atoms with E-state index in [-0.39, 0.29) is 31.3 Å². The summed E-state index contributed by atoms with van der Waals surface area (Å²) in [6.07, 6.45) is 0.132. The monoisotopic (exact) mass is 321 g/mol. The van der Waals surface area contributed by atoms with Gasteiger partial charge in [-0.05, 0) is 5.56 Å². The molecule has 0 saturated carbocycles. The summed E-state index contributed by atoms with van der Waals surface area (Å²) in [5.74, 6) is -4.17. The molecular formula is C13H18ClF2N3O2. The lowest BCUT2D eigenvalue weighted by Gasteiger charge is -2.14. The molecule has 0 spiro atoms. The highest BCUT2D eigenvalue weighted by atomic mass is 35.5. The van der Waals surface area contributed by atoms with Crippen LogP contribution in [-0.4, -0.2) is 37.4 Å². The van der Waals surface area contributed by atoms with E-state index < -0.39 is 24.9 Å². The first kappa shape index (κ1) is 19.3. The van der Waals surface area contributed by atoms with Crippen LogP contribution in [-0.2, 0) is 16.0 Å². The van der Waals surface area contributed by atoms with Crippen LogP contribution in [0, 0.1) is 0 Å². The van der Waals surface area contributed by atoms with Crippen LogP contribution in [0.3, 0.4) is 0 Å². The molecule has 0 radical (unpaired) electrons. The molecule has 5 nitrogen and oxygen atoms in total. The molecule has 0 aliphatic carbocycles. The number of carbonyl (C=O) groups excluding carboxylic acids is 2. The van der Waals surface area contributed by atoms with Gasteiger partial charge in [0.2, 0.25) is 11.8 Å². The Morgan fingerprint density at radius 1 is 1.10 bits per heavy atom. The Morgan fingerprint density at radius 2 is 1.71 bits per heavy atom. The zero-order valence-electron chi connectivity index (χ0n) is 11.3. The lowest BCUT2D eigenvalue weighted by molar-refractivity contribution is -0.126. The quantitative estimate of drug-likeness (QED) is 0.683. The second-order valence-electron chi connectivity index (χ2n) is 4.28. The molecule has 0 heterocycles. The van der Waals surface area contributed by atoms with E-state index in [0.29, 0.717) is 0 Å². The second-order valence-corrected chi connectivity index (χ2v) is 4.28. The summed E-state index contributed by atoms with van der Waals surface area (Å²) in [6, 6.07) is 8.98. The topological polar surface area (TPSA) is 84.2 Å². The molecule has 0 bridgehead atoms. The number of carbonyl (C=O) groups is 2. The number of rotatable bonds is 7. The molecule has 0 fully saturated rings. The van der Waals surface area contributed by atoms with Gasteiger partial charge in [-0.15, -0.1) is 12.4 Å². The summed E-state index contributed by atoms with van der Waals surface area (Å²) in [5.41, 5.74) is 5.64. The molecule has 21 heavy (non-hydrogen) atoms. The van der Waals surface area contributed by atoms with Crippen molar-refractivity contribution in [3.8, 4) is 0 Å². The van der Waals surface area contributed by atoms with E-state index in [9.17, 15) is 18.4 Å². The van der Waals surface area contributed by atoms with Gasteiger partial charge in [0.15, 0.2) is 0 Å². The van der Waals surface area contributed by atoms with Crippen LogP contribution in [0.1, 0.15) is 5.56 Å². The first-order valence-electron chi connectivity index (χ1n) is 6.08. The molecule has 8 heteroatoms. The van der Waals surface area contributed by atoms with Gasteiger partial charge in [0.25, 0.3) is 5.92 Å². The molecule has 1 aromatic rings. The van der Waals surface area contributed by atoms with E-state index in [1.54, 1.807) is 24.3 Å². The summed E-state index contributed by atoms with van der Waals surface area (Å²) < 4.78 is 25.5. The van der Waals surface area contributed by atoms with Gasteiger partial charge < -0.3 is 16.4 Å². The molecule has 0 aliphatic heterocycles. The largest absolute Gasteiger partial charge is 0.348 e. The fourth-order valence-corrected chi connectivity index (χ4v) is 1.39. The number of amides is 2. The van der Waals surface area contributed by atoms with Crippen LogP contribution in [0.4, 0.5) is 8.78 Å². The number of nitrogens with two attached hydrogens (primary N) is 1. The summed E-state index contributed by atoms with van der Waals surface area (Å²) in [4.78, 5) is 22.8. The predicted octanol–water partition coefficient (Wildman–Crippen LogP) is 0.477. The first-order chi connectivity index (χ1) is 9.43. The molecule has 0 atom stereocenters. The third-order valence-corrected chi connectivity index (χ3v) is 2.50. The van der Waals surface area contributed by atoms with Crippen LogP contribution in [0.2, 0.25) is 0 Å². The fourth-order valence-electron chi connectivity index (χ4n) is 1.39. The van der Waals surface area contributed by atoms with Crippen molar-refractivity contribution in [3.63, 3.8) is 0 Å². The molecule has 0 unspecified atom stereocenters. The fraction of sp³-hybridized carbons (Fsp3) is 0.385. The van der Waals surface area contributed by atoms with E-state index in [1.807, 2.05) is 11.4 Å². The van der Waals surface area contributed by atoms with E-state index >= 15 is 0 Å². The summed E-state index contributed by atoms with van der Waals surface area (Å²) >= 11 is 0. The highest BCUT2D eigenvalue weighted by Gasteiger charge is 2.27. The first-order valence-corrected chi connectivity index (χ1v) is 6.08. The van der Waals surface area contributed by atoms with Gasteiger partial charge in [-0.3, -0.25) is 9.59 Å². The van der Waals surface area contributed by atoms with Crippen molar-refractivity contribution in [3.05, 3.63) is 35.9 Å². The van der Waals surface area contributed by atoms with Crippen molar-refractivity contribution in [1.82, 2.24) is 10.6 Å². The van der Waals surface area contributed by atoms with Crippen molar-refractivity contribution in [2.75, 3.05) is 19.6 Å². The van der Waals surface area contributed by atoms with Gasteiger partial charge in [-0.25, -0.2) is 8.78 Å². The highest BCUT2D eigenvalue weighted by molar-refractivity contribution is 5.86. The smallest absolute Gasteiger partial charge is 0.277 e. The van der Waals surface area contributed by atoms with Crippen LogP contribution in [0.5, 0.6) is 0 Å². The molecule has 2 amide bonds. The number of nitrogens with one attached hydrogen (secondary N) is 2. The van der Waals surface area contributed by atoms with Gasteiger partial charge in [0.1, 0.15) is 0 Å². The van der Waals surface area contributed by atoms with Gasteiger partial charge in [-0.2, -0.15) is 0 Å². The molecule has 0 saturated heterocycles. The molecule has 1 rings (SSSR count). The van der Waals surface area contributed by atoms with Crippen molar-refractivity contribution < 1.29 is 18.4 Å². The molecule has 0 aromatic heterocycles. The Labute approximate surface area is 127 Å². The Bertz CT molecular complexity index is 458. The third kappa shape index (κ3) is 8.21. The number of hydrogen-bond donors (Lipinski definition) is 3. The second kappa shape index (κ2) is 9.25. The Balaban J connectivity index is 0.00000400. The zero-order chi connectivity index (χ0) is 15.0. The summed E-state index contributed by atoms with van der Waals surface area (Å²) in [6.45, 7) is -2.02. The van der Waals surface area contributed by atoms with E-state index in [1.165, 1.54) is 0 Å². The molecule has 118 valence electrons. The maximum Gasteiger partial charge on any atom is 0.277 e. The lowest BCUT2D eigenvalue weighted by Crippen LogP contribution is -2.45. The Morgan fingerprint density at radius 3 is 2.29 bits per heavy atom. The maximum atomic E-state index is 12.8. The van der Waals surface area contributed by atoms with Crippen LogP contribution in [0.25, 0.3) is 0 Å². The molecule has 0 aliphatic rings. The van der Waals surface area contributed by atoms with Crippen LogP contribution in [0.15, 0.2) is 30.3 Å². The maximum absolute atomic E-state index is 12.8. The summed E-state index contributed by atoms with van der Waals surface area (Å²) in [7, 11) is 0.